The van der Waals surface area contributed by atoms with Crippen LogP contribution in [0, 0.1) is 10.1 Å². The summed E-state index contributed by atoms with van der Waals surface area (Å²) in [6.07, 6.45) is 0.877. The maximum atomic E-state index is 12.4. The van der Waals surface area contributed by atoms with Gasteiger partial charge in [-0.3, -0.25) is 14.9 Å². The molecule has 6 nitrogen and oxygen atoms in total. The molecule has 0 aliphatic carbocycles. The average molecular weight is 467 g/mol. The fraction of sp³-hybridized carbons (Fsp3) is 0.350. The Labute approximate surface area is 178 Å². The molecule has 0 aliphatic heterocycles. The summed E-state index contributed by atoms with van der Waals surface area (Å²) in [6.45, 7) is 7.97. The number of nitro groups is 1. The number of nitrogens with zero attached hydrogens (tertiary/aromatic N) is 1. The quantitative estimate of drug-likeness (QED) is 0.318. The highest BCUT2D eigenvalue weighted by Crippen LogP contribution is 2.35. The lowest BCUT2D eigenvalue weighted by molar-refractivity contribution is -0.896. The number of carbonyl (C=O) groups is 1. The van der Waals surface area contributed by atoms with E-state index in [0.717, 1.165) is 35.4 Å². The molecule has 0 aliphatic rings. The molecule has 2 aromatic carbocycles. The first kappa shape index (κ1) is 22.4. The van der Waals surface area contributed by atoms with Crippen LogP contribution in [0.5, 0.6) is 0 Å². The Balaban J connectivity index is 2.03. The predicted molar refractivity (Wildman–Crippen MR) is 115 cm³/mol. The Morgan fingerprint density at radius 2 is 1.86 bits per heavy atom. The highest BCUT2D eigenvalue weighted by molar-refractivity contribution is 9.10. The summed E-state index contributed by atoms with van der Waals surface area (Å²) < 4.78 is 0.945. The first-order valence-electron chi connectivity index (χ1n) is 9.28. The van der Waals surface area contributed by atoms with Crippen LogP contribution in [0.2, 0.25) is 0 Å². The summed E-state index contributed by atoms with van der Waals surface area (Å²) in [4.78, 5) is 26.3. The molecule has 0 radical (unpaired) electrons. The van der Waals surface area contributed by atoms with Gasteiger partial charge in [-0.15, -0.1) is 0 Å². The summed E-state index contributed by atoms with van der Waals surface area (Å²) in [5.41, 5.74) is 0.246. The van der Waals surface area contributed by atoms with Crippen LogP contribution in [0.15, 0.2) is 56.7 Å². The lowest BCUT2D eigenvalue weighted by atomic mass is 10.2. The van der Waals surface area contributed by atoms with E-state index < -0.39 is 4.92 Å². The van der Waals surface area contributed by atoms with E-state index in [4.69, 9.17) is 0 Å². The Morgan fingerprint density at radius 1 is 1.18 bits per heavy atom. The molecule has 0 saturated carbocycles. The monoisotopic (exact) mass is 466 g/mol. The summed E-state index contributed by atoms with van der Waals surface area (Å²) >= 11 is 4.68. The van der Waals surface area contributed by atoms with Gasteiger partial charge in [0.05, 0.1) is 29.5 Å². The van der Waals surface area contributed by atoms with E-state index in [1.54, 1.807) is 12.1 Å². The summed E-state index contributed by atoms with van der Waals surface area (Å²) in [6, 6.07) is 12.2. The number of hydrogen-bond donors (Lipinski definition) is 2. The molecule has 28 heavy (non-hydrogen) atoms. The van der Waals surface area contributed by atoms with Gasteiger partial charge in [0.15, 0.2) is 0 Å². The number of nitro benzene ring substituents is 1. The molecule has 2 aromatic rings. The van der Waals surface area contributed by atoms with Gasteiger partial charge in [-0.1, -0.05) is 27.7 Å². The van der Waals surface area contributed by atoms with Crippen LogP contribution in [0.4, 0.5) is 5.69 Å². The van der Waals surface area contributed by atoms with E-state index in [9.17, 15) is 14.9 Å². The van der Waals surface area contributed by atoms with Gasteiger partial charge < -0.3 is 10.2 Å². The van der Waals surface area contributed by atoms with Gasteiger partial charge >= 0.3 is 0 Å². The fourth-order valence-electron chi connectivity index (χ4n) is 2.76. The molecule has 0 aromatic heterocycles. The zero-order chi connectivity index (χ0) is 20.5. The second-order valence-corrected chi connectivity index (χ2v) is 8.34. The van der Waals surface area contributed by atoms with Crippen molar-refractivity contribution >= 4 is 39.3 Å². The summed E-state index contributed by atoms with van der Waals surface area (Å²) in [7, 11) is 0. The van der Waals surface area contributed by atoms with Crippen LogP contribution >= 0.6 is 27.7 Å². The number of amides is 1. The minimum absolute atomic E-state index is 0.0619. The summed E-state index contributed by atoms with van der Waals surface area (Å²) in [5.74, 6) is -0.280. The maximum Gasteiger partial charge on any atom is 0.284 e. The third kappa shape index (κ3) is 6.61. The topological polar surface area (TPSA) is 76.7 Å². The number of benzene rings is 2. The van der Waals surface area contributed by atoms with Gasteiger partial charge in [0, 0.05) is 34.0 Å². The molecule has 0 saturated heterocycles. The molecule has 0 atom stereocenters. The average Bonchev–Trinajstić information content (AvgIpc) is 2.69. The molecule has 8 heteroatoms. The normalized spacial score (nSPS) is 10.9. The van der Waals surface area contributed by atoms with Crippen LogP contribution in [-0.2, 0) is 0 Å². The van der Waals surface area contributed by atoms with Crippen molar-refractivity contribution in [2.75, 3.05) is 26.2 Å². The third-order valence-electron chi connectivity index (χ3n) is 4.45. The molecule has 1 amide bonds. The Kier molecular flexibility index (Phi) is 8.95. The number of rotatable bonds is 10. The molecule has 0 bridgehead atoms. The van der Waals surface area contributed by atoms with Crippen molar-refractivity contribution in [1.29, 1.82) is 0 Å². The SMILES string of the molecule is CC[NH+](CC)CCCNC(=O)c1ccc(Sc2ccc(Br)cc2)c([N+](=O)[O-])c1. The van der Waals surface area contributed by atoms with E-state index in [0.29, 0.717) is 17.0 Å². The number of nitrogens with one attached hydrogen (secondary N) is 2. The Morgan fingerprint density at radius 3 is 2.46 bits per heavy atom. The van der Waals surface area contributed by atoms with Crippen LogP contribution in [0.1, 0.15) is 30.6 Å². The van der Waals surface area contributed by atoms with Gasteiger partial charge in [0.25, 0.3) is 11.6 Å². The van der Waals surface area contributed by atoms with E-state index in [-0.39, 0.29) is 11.6 Å². The third-order valence-corrected chi connectivity index (χ3v) is 6.05. The first-order chi connectivity index (χ1) is 13.4. The van der Waals surface area contributed by atoms with E-state index in [2.05, 4.69) is 35.1 Å². The Bertz CT molecular complexity index is 811. The van der Waals surface area contributed by atoms with Crippen molar-refractivity contribution in [2.45, 2.75) is 30.1 Å². The van der Waals surface area contributed by atoms with Crippen LogP contribution in [0.3, 0.4) is 0 Å². The number of halogens is 1. The molecule has 2 rings (SSSR count). The molecule has 0 heterocycles. The number of quaternary nitrogens is 1. The molecule has 2 N–H and O–H groups in total. The van der Waals surface area contributed by atoms with Gasteiger partial charge in [-0.25, -0.2) is 0 Å². The van der Waals surface area contributed by atoms with E-state index >= 15 is 0 Å². The molecular weight excluding hydrogens is 442 g/mol. The van der Waals surface area contributed by atoms with Crippen molar-refractivity contribution in [3.8, 4) is 0 Å². The highest BCUT2D eigenvalue weighted by atomic mass is 79.9. The van der Waals surface area contributed by atoms with E-state index in [1.165, 1.54) is 22.7 Å². The van der Waals surface area contributed by atoms with Gasteiger partial charge in [-0.2, -0.15) is 0 Å². The molecule has 0 unspecified atom stereocenters. The minimum atomic E-state index is -0.443. The zero-order valence-electron chi connectivity index (χ0n) is 16.0. The van der Waals surface area contributed by atoms with Crippen molar-refractivity contribution in [2.24, 2.45) is 0 Å². The van der Waals surface area contributed by atoms with Crippen molar-refractivity contribution in [1.82, 2.24) is 5.32 Å². The van der Waals surface area contributed by atoms with E-state index in [1.807, 2.05) is 24.3 Å². The lowest BCUT2D eigenvalue weighted by Gasteiger charge is -2.15. The second-order valence-electron chi connectivity index (χ2n) is 6.31. The predicted octanol–water partition coefficient (Wildman–Crippen LogP) is 3.55. The molecule has 0 fully saturated rings. The smallest absolute Gasteiger partial charge is 0.284 e. The lowest BCUT2D eigenvalue weighted by Crippen LogP contribution is -3.11. The molecule has 150 valence electrons. The van der Waals surface area contributed by atoms with Crippen LogP contribution in [0.25, 0.3) is 0 Å². The van der Waals surface area contributed by atoms with Gasteiger partial charge in [0.2, 0.25) is 0 Å². The maximum absolute atomic E-state index is 12.4. The molecular formula is C20H25BrN3O3S+. The fourth-order valence-corrected chi connectivity index (χ4v) is 3.93. The zero-order valence-corrected chi connectivity index (χ0v) is 18.4. The first-order valence-corrected chi connectivity index (χ1v) is 10.9. The van der Waals surface area contributed by atoms with Crippen molar-refractivity contribution in [3.63, 3.8) is 0 Å². The summed E-state index contributed by atoms with van der Waals surface area (Å²) in [5, 5.41) is 14.3. The number of hydrogen-bond acceptors (Lipinski definition) is 4. The van der Waals surface area contributed by atoms with Crippen molar-refractivity contribution < 1.29 is 14.6 Å². The highest BCUT2D eigenvalue weighted by Gasteiger charge is 2.18. The van der Waals surface area contributed by atoms with Crippen LogP contribution in [-0.4, -0.2) is 37.0 Å². The Hall–Kier alpha value is -1.90. The van der Waals surface area contributed by atoms with Crippen LogP contribution < -0.4 is 10.2 Å². The second kappa shape index (κ2) is 11.2. The van der Waals surface area contributed by atoms with Gasteiger partial charge in [-0.05, 0) is 50.2 Å². The minimum Gasteiger partial charge on any atom is -0.352 e. The number of carbonyl (C=O) groups excluding carboxylic acids is 1. The standard InChI is InChI=1S/C20H24BrN3O3S/c1-3-23(4-2)13-5-12-22-20(25)15-6-11-19(18(14-15)24(26)27)28-17-9-7-16(21)8-10-17/h6-11,14H,3-5,12-13H2,1-2H3,(H,22,25)/p+1. The van der Waals surface area contributed by atoms with Crippen molar-refractivity contribution in [3.05, 3.63) is 62.6 Å². The largest absolute Gasteiger partial charge is 0.352 e. The van der Waals surface area contributed by atoms with Gasteiger partial charge in [0.1, 0.15) is 0 Å². The molecule has 0 spiro atoms.